The van der Waals surface area contributed by atoms with Crippen molar-refractivity contribution < 1.29 is 14.6 Å². The molecule has 0 bridgehead atoms. The Morgan fingerprint density at radius 3 is 2.42 bits per heavy atom. The van der Waals surface area contributed by atoms with Gasteiger partial charge in [0.15, 0.2) is 0 Å². The largest absolute Gasteiger partial charge is 0.496 e. The third-order valence-electron chi connectivity index (χ3n) is 6.31. The van der Waals surface area contributed by atoms with E-state index in [0.29, 0.717) is 5.56 Å². The fraction of sp³-hybridized carbons (Fsp3) is 0.423. The molecule has 31 heavy (non-hydrogen) atoms. The number of aryl methyl sites for hydroxylation is 1. The Bertz CT molecular complexity index is 987. The molecule has 5 nitrogen and oxygen atoms in total. The van der Waals surface area contributed by atoms with Gasteiger partial charge in [-0.3, -0.25) is 4.90 Å². The van der Waals surface area contributed by atoms with Crippen molar-refractivity contribution in [3.05, 3.63) is 65.4 Å². The number of nitrogens with one attached hydrogen (secondary N) is 1. The number of ether oxygens (including phenoxy) is 1. The van der Waals surface area contributed by atoms with E-state index in [0.717, 1.165) is 24.1 Å². The van der Waals surface area contributed by atoms with E-state index in [-0.39, 0.29) is 0 Å². The zero-order valence-electron chi connectivity index (χ0n) is 19.0. The molecule has 2 heterocycles. The summed E-state index contributed by atoms with van der Waals surface area (Å²) < 4.78 is 5.66. The predicted molar refractivity (Wildman–Crippen MR) is 126 cm³/mol. The fourth-order valence-electron chi connectivity index (χ4n) is 4.36. The Morgan fingerprint density at radius 2 is 1.87 bits per heavy atom. The van der Waals surface area contributed by atoms with Crippen molar-refractivity contribution in [3.63, 3.8) is 0 Å². The van der Waals surface area contributed by atoms with E-state index in [1.54, 1.807) is 37.4 Å². The first kappa shape index (κ1) is 22.9. The van der Waals surface area contributed by atoms with Crippen LogP contribution in [0.3, 0.4) is 0 Å². The van der Waals surface area contributed by atoms with E-state index < -0.39 is 5.97 Å². The number of aromatic nitrogens is 1. The Hall–Kier alpha value is -2.79. The Balaban J connectivity index is 0.000000254. The molecular formula is C26H34N2O3. The molecule has 1 aliphatic heterocycles. The molecule has 1 saturated heterocycles. The SMILES string of the molecule is COc1cc(C)c2[nH]ccc2c1CN1CCC(C(C)C)CC1.O=C(O)c1ccccc1. The van der Waals surface area contributed by atoms with Crippen LogP contribution in [0.25, 0.3) is 10.9 Å². The summed E-state index contributed by atoms with van der Waals surface area (Å²) in [6, 6.07) is 12.6. The van der Waals surface area contributed by atoms with Gasteiger partial charge in [-0.15, -0.1) is 0 Å². The first-order valence-corrected chi connectivity index (χ1v) is 11.0. The van der Waals surface area contributed by atoms with Crippen molar-refractivity contribution in [2.24, 2.45) is 11.8 Å². The maximum Gasteiger partial charge on any atom is 0.335 e. The number of fused-ring (bicyclic) bond motifs is 1. The van der Waals surface area contributed by atoms with Crippen molar-refractivity contribution in [3.8, 4) is 5.75 Å². The van der Waals surface area contributed by atoms with Gasteiger partial charge < -0.3 is 14.8 Å². The second-order valence-corrected chi connectivity index (χ2v) is 8.67. The second-order valence-electron chi connectivity index (χ2n) is 8.67. The third kappa shape index (κ3) is 5.67. The molecule has 0 atom stereocenters. The minimum Gasteiger partial charge on any atom is -0.496 e. The molecule has 1 aliphatic rings. The number of carboxylic acids is 1. The topological polar surface area (TPSA) is 65.6 Å². The number of carboxylic acid groups (broad SMARTS) is 1. The summed E-state index contributed by atoms with van der Waals surface area (Å²) in [5.74, 6) is 1.85. The second kappa shape index (κ2) is 10.5. The molecule has 0 unspecified atom stereocenters. The maximum absolute atomic E-state index is 10.2. The molecule has 2 aromatic carbocycles. The Kier molecular flexibility index (Phi) is 7.75. The molecule has 3 aromatic rings. The fourth-order valence-corrected chi connectivity index (χ4v) is 4.36. The number of methoxy groups -OCH3 is 1. The van der Waals surface area contributed by atoms with Crippen molar-refractivity contribution in [2.45, 2.75) is 40.2 Å². The quantitative estimate of drug-likeness (QED) is 0.550. The number of nitrogens with zero attached hydrogens (tertiary/aromatic N) is 1. The lowest BCUT2D eigenvalue weighted by Crippen LogP contribution is -2.34. The van der Waals surface area contributed by atoms with E-state index in [9.17, 15) is 4.79 Å². The average Bonchev–Trinajstić information content (AvgIpc) is 3.28. The van der Waals surface area contributed by atoms with Gasteiger partial charge in [0.25, 0.3) is 0 Å². The van der Waals surface area contributed by atoms with Crippen molar-refractivity contribution >= 4 is 16.9 Å². The standard InChI is InChI=1S/C19H28N2O.C7H6O2/c1-13(2)15-6-9-21(10-7-15)12-17-16-5-8-20-19(16)14(3)11-18(17)22-4;8-7(9)6-4-2-1-3-5-6/h5,8,11,13,15,20H,6-7,9-10,12H2,1-4H3;1-5H,(H,8,9). The Labute approximate surface area is 185 Å². The summed E-state index contributed by atoms with van der Waals surface area (Å²) in [7, 11) is 1.78. The lowest BCUT2D eigenvalue weighted by atomic mass is 9.86. The molecule has 2 N–H and O–H groups in total. The monoisotopic (exact) mass is 422 g/mol. The summed E-state index contributed by atoms with van der Waals surface area (Å²) in [5.41, 5.74) is 4.15. The first-order valence-electron chi connectivity index (χ1n) is 11.0. The first-order chi connectivity index (χ1) is 14.9. The number of hydrogen-bond acceptors (Lipinski definition) is 3. The molecular weight excluding hydrogens is 388 g/mol. The summed E-state index contributed by atoms with van der Waals surface area (Å²) in [6.07, 6.45) is 4.68. The molecule has 0 saturated carbocycles. The summed E-state index contributed by atoms with van der Waals surface area (Å²) in [4.78, 5) is 16.1. The van der Waals surface area contributed by atoms with Crippen LogP contribution in [-0.2, 0) is 6.54 Å². The van der Waals surface area contributed by atoms with Gasteiger partial charge >= 0.3 is 5.97 Å². The van der Waals surface area contributed by atoms with Crippen LogP contribution < -0.4 is 4.74 Å². The number of hydrogen-bond donors (Lipinski definition) is 2. The minimum absolute atomic E-state index is 0.331. The van der Waals surface area contributed by atoms with Gasteiger partial charge in [0.05, 0.1) is 12.7 Å². The molecule has 5 heteroatoms. The summed E-state index contributed by atoms with van der Waals surface area (Å²) >= 11 is 0. The molecule has 166 valence electrons. The number of aromatic amines is 1. The lowest BCUT2D eigenvalue weighted by Gasteiger charge is -2.34. The Morgan fingerprint density at radius 1 is 1.19 bits per heavy atom. The van der Waals surface area contributed by atoms with Crippen LogP contribution in [0.1, 0.15) is 48.2 Å². The van der Waals surface area contributed by atoms with Gasteiger partial charge in [-0.05, 0) is 74.5 Å². The van der Waals surface area contributed by atoms with Crippen LogP contribution >= 0.6 is 0 Å². The van der Waals surface area contributed by atoms with Gasteiger partial charge in [-0.1, -0.05) is 32.0 Å². The van der Waals surface area contributed by atoms with Gasteiger partial charge in [0.2, 0.25) is 0 Å². The highest BCUT2D eigenvalue weighted by molar-refractivity contribution is 5.88. The van der Waals surface area contributed by atoms with E-state index >= 15 is 0 Å². The van der Waals surface area contributed by atoms with Gasteiger partial charge in [0.1, 0.15) is 5.75 Å². The summed E-state index contributed by atoms with van der Waals surface area (Å²) in [5, 5.41) is 9.69. The van der Waals surface area contributed by atoms with E-state index in [4.69, 9.17) is 9.84 Å². The number of piperidine rings is 1. The molecule has 0 spiro atoms. The zero-order valence-corrected chi connectivity index (χ0v) is 19.0. The van der Waals surface area contributed by atoms with Crippen LogP contribution in [0.15, 0.2) is 48.7 Å². The molecule has 0 aliphatic carbocycles. The number of carbonyl (C=O) groups is 1. The molecule has 0 amide bonds. The van der Waals surface area contributed by atoms with Crippen LogP contribution in [0, 0.1) is 18.8 Å². The van der Waals surface area contributed by atoms with Crippen molar-refractivity contribution in [1.29, 1.82) is 0 Å². The van der Waals surface area contributed by atoms with Crippen LogP contribution in [0.2, 0.25) is 0 Å². The van der Waals surface area contributed by atoms with Crippen molar-refractivity contribution in [1.82, 2.24) is 9.88 Å². The van der Waals surface area contributed by atoms with Crippen LogP contribution in [-0.4, -0.2) is 41.2 Å². The van der Waals surface area contributed by atoms with E-state index in [1.807, 2.05) is 6.20 Å². The van der Waals surface area contributed by atoms with E-state index in [1.165, 1.54) is 48.0 Å². The van der Waals surface area contributed by atoms with Gasteiger partial charge in [0, 0.05) is 29.2 Å². The zero-order chi connectivity index (χ0) is 22.4. The molecule has 0 radical (unpaired) electrons. The third-order valence-corrected chi connectivity index (χ3v) is 6.31. The number of likely N-dealkylation sites (tertiary alicyclic amines) is 1. The average molecular weight is 423 g/mol. The minimum atomic E-state index is -0.879. The normalized spacial score (nSPS) is 15.0. The highest BCUT2D eigenvalue weighted by Crippen LogP contribution is 2.33. The maximum atomic E-state index is 10.2. The summed E-state index contributed by atoms with van der Waals surface area (Å²) in [6.45, 7) is 10.2. The van der Waals surface area contributed by atoms with Crippen LogP contribution in [0.5, 0.6) is 5.75 Å². The molecule has 1 fully saturated rings. The number of benzene rings is 2. The molecule has 4 rings (SSSR count). The lowest BCUT2D eigenvalue weighted by molar-refractivity contribution is 0.0697. The number of aromatic carboxylic acids is 1. The highest BCUT2D eigenvalue weighted by Gasteiger charge is 2.23. The van der Waals surface area contributed by atoms with Gasteiger partial charge in [-0.2, -0.15) is 0 Å². The van der Waals surface area contributed by atoms with Crippen molar-refractivity contribution in [2.75, 3.05) is 20.2 Å². The highest BCUT2D eigenvalue weighted by atomic mass is 16.5. The smallest absolute Gasteiger partial charge is 0.335 e. The van der Waals surface area contributed by atoms with Gasteiger partial charge in [-0.25, -0.2) is 4.79 Å². The van der Waals surface area contributed by atoms with Crippen LogP contribution in [0.4, 0.5) is 0 Å². The van der Waals surface area contributed by atoms with E-state index in [2.05, 4.69) is 42.8 Å². The number of H-pyrrole nitrogens is 1. The number of rotatable bonds is 5. The predicted octanol–water partition coefficient (Wildman–Crippen LogP) is 5.74. The molecule has 1 aromatic heterocycles.